The minimum absolute atomic E-state index is 0.0570. The third-order valence-corrected chi connectivity index (χ3v) is 2.64. The van der Waals surface area contributed by atoms with E-state index in [4.69, 9.17) is 9.47 Å². The van der Waals surface area contributed by atoms with E-state index in [9.17, 15) is 9.90 Å². The third-order valence-electron chi connectivity index (χ3n) is 2.64. The first-order valence-electron chi connectivity index (χ1n) is 6.63. The summed E-state index contributed by atoms with van der Waals surface area (Å²) in [6.45, 7) is 4.29. The summed E-state index contributed by atoms with van der Waals surface area (Å²) in [6, 6.07) is 7.04. The van der Waals surface area contributed by atoms with Gasteiger partial charge in [0.1, 0.15) is 5.75 Å². The molecule has 1 aromatic rings. The minimum atomic E-state index is -0.691. The molecule has 0 bridgehead atoms. The van der Waals surface area contributed by atoms with Crippen LogP contribution >= 0.6 is 0 Å². The van der Waals surface area contributed by atoms with Crippen molar-refractivity contribution in [2.24, 2.45) is 0 Å². The Hall–Kier alpha value is -1.59. The average Bonchev–Trinajstić information content (AvgIpc) is 2.37. The van der Waals surface area contributed by atoms with Crippen molar-refractivity contribution in [3.05, 3.63) is 29.8 Å². The van der Waals surface area contributed by atoms with Crippen LogP contribution < -0.4 is 4.74 Å². The van der Waals surface area contributed by atoms with Crippen molar-refractivity contribution in [1.29, 1.82) is 0 Å². The number of hydrogen-bond donors (Lipinski definition) is 1. The summed E-state index contributed by atoms with van der Waals surface area (Å²) in [4.78, 5) is 13.7. The monoisotopic (exact) mass is 281 g/mol. The number of likely N-dealkylation sites (N-methyl/N-ethyl adjacent to an activating group) is 1. The Labute approximate surface area is 120 Å². The van der Waals surface area contributed by atoms with Gasteiger partial charge in [-0.1, -0.05) is 6.07 Å². The largest absolute Gasteiger partial charge is 0.491 e. The van der Waals surface area contributed by atoms with Crippen molar-refractivity contribution in [2.75, 3.05) is 27.3 Å². The molecule has 5 nitrogen and oxygen atoms in total. The number of benzene rings is 1. The Morgan fingerprint density at radius 2 is 2.10 bits per heavy atom. The van der Waals surface area contributed by atoms with Crippen LogP contribution in [-0.4, -0.2) is 55.4 Å². The Morgan fingerprint density at radius 1 is 1.40 bits per heavy atom. The van der Waals surface area contributed by atoms with Crippen molar-refractivity contribution < 1.29 is 19.4 Å². The molecule has 0 radical (unpaired) electrons. The van der Waals surface area contributed by atoms with Gasteiger partial charge in [-0.15, -0.1) is 0 Å². The lowest BCUT2D eigenvalue weighted by molar-refractivity contribution is 0.0380. The molecule has 0 fully saturated rings. The number of ether oxygens (including phenoxy) is 2. The summed E-state index contributed by atoms with van der Waals surface area (Å²) in [7, 11) is 3.16. The molecule has 1 rings (SSSR count). The second kappa shape index (κ2) is 7.87. The number of aliphatic hydroxyl groups excluding tert-OH is 1. The first-order chi connectivity index (χ1) is 9.43. The molecule has 0 saturated carbocycles. The molecule has 1 unspecified atom stereocenters. The predicted octanol–water partition coefficient (Wildman–Crippen LogP) is 1.55. The standard InChI is InChI=1S/C15H23NO4/c1-11(2)20-14-7-5-6-12(8-14)15(18)16(3)9-13(17)10-19-4/h5-8,11,13,17H,9-10H2,1-4H3. The van der Waals surface area contributed by atoms with Crippen molar-refractivity contribution in [2.45, 2.75) is 26.1 Å². The van der Waals surface area contributed by atoms with Gasteiger partial charge >= 0.3 is 0 Å². The van der Waals surface area contributed by atoms with E-state index >= 15 is 0 Å². The molecule has 1 N–H and O–H groups in total. The quantitative estimate of drug-likeness (QED) is 0.824. The van der Waals surface area contributed by atoms with Gasteiger partial charge in [0.2, 0.25) is 0 Å². The number of methoxy groups -OCH3 is 1. The lowest BCUT2D eigenvalue weighted by Gasteiger charge is -2.21. The second-order valence-corrected chi connectivity index (χ2v) is 4.99. The van der Waals surface area contributed by atoms with E-state index in [0.717, 1.165) is 0 Å². The van der Waals surface area contributed by atoms with Gasteiger partial charge in [0.15, 0.2) is 0 Å². The van der Waals surface area contributed by atoms with Crippen molar-refractivity contribution in [3.8, 4) is 5.75 Å². The highest BCUT2D eigenvalue weighted by Crippen LogP contribution is 2.16. The Morgan fingerprint density at radius 3 is 2.70 bits per heavy atom. The molecule has 1 amide bonds. The number of carbonyl (C=O) groups excluding carboxylic acids is 1. The maximum absolute atomic E-state index is 12.2. The van der Waals surface area contributed by atoms with Gasteiger partial charge in [-0.05, 0) is 32.0 Å². The summed E-state index contributed by atoms with van der Waals surface area (Å²) in [5.41, 5.74) is 0.537. The van der Waals surface area contributed by atoms with Crippen LogP contribution in [0, 0.1) is 0 Å². The number of amides is 1. The van der Waals surface area contributed by atoms with Crippen molar-refractivity contribution >= 4 is 5.91 Å². The molecule has 0 aliphatic carbocycles. The Balaban J connectivity index is 2.71. The van der Waals surface area contributed by atoms with Crippen LogP contribution in [0.5, 0.6) is 5.75 Å². The van der Waals surface area contributed by atoms with Gasteiger partial charge in [0.25, 0.3) is 5.91 Å². The molecule has 0 saturated heterocycles. The molecule has 0 spiro atoms. The summed E-state index contributed by atoms with van der Waals surface area (Å²) >= 11 is 0. The van der Waals surface area contributed by atoms with Crippen LogP contribution in [0.25, 0.3) is 0 Å². The van der Waals surface area contributed by atoms with Crippen LogP contribution in [0.2, 0.25) is 0 Å². The van der Waals surface area contributed by atoms with Crippen LogP contribution in [0.1, 0.15) is 24.2 Å². The zero-order chi connectivity index (χ0) is 15.1. The van der Waals surface area contributed by atoms with Crippen LogP contribution in [0.15, 0.2) is 24.3 Å². The van der Waals surface area contributed by atoms with E-state index in [1.807, 2.05) is 19.9 Å². The lowest BCUT2D eigenvalue weighted by Crippen LogP contribution is -2.36. The lowest BCUT2D eigenvalue weighted by atomic mass is 10.2. The molecule has 112 valence electrons. The SMILES string of the molecule is COCC(O)CN(C)C(=O)c1cccc(OC(C)C)c1. The zero-order valence-electron chi connectivity index (χ0n) is 12.5. The molecule has 20 heavy (non-hydrogen) atoms. The second-order valence-electron chi connectivity index (χ2n) is 4.99. The summed E-state index contributed by atoms with van der Waals surface area (Å²) in [6.07, 6.45) is -0.634. The minimum Gasteiger partial charge on any atom is -0.491 e. The highest BCUT2D eigenvalue weighted by molar-refractivity contribution is 5.94. The number of aliphatic hydroxyl groups is 1. The van der Waals surface area contributed by atoms with E-state index in [0.29, 0.717) is 11.3 Å². The van der Waals surface area contributed by atoms with Crippen LogP contribution in [0.4, 0.5) is 0 Å². The fourth-order valence-electron chi connectivity index (χ4n) is 1.84. The Kier molecular flexibility index (Phi) is 6.48. The summed E-state index contributed by atoms with van der Waals surface area (Å²) < 4.78 is 10.4. The van der Waals surface area contributed by atoms with E-state index in [-0.39, 0.29) is 25.2 Å². The molecular formula is C15H23NO4. The summed E-state index contributed by atoms with van der Waals surface area (Å²) in [5, 5.41) is 9.65. The number of rotatable bonds is 7. The van der Waals surface area contributed by atoms with Gasteiger partial charge in [-0.2, -0.15) is 0 Å². The first-order valence-corrected chi connectivity index (χ1v) is 6.63. The van der Waals surface area contributed by atoms with E-state index in [1.54, 1.807) is 25.2 Å². The van der Waals surface area contributed by atoms with Gasteiger partial charge in [0, 0.05) is 26.3 Å². The molecule has 0 aliphatic rings. The molecule has 1 atom stereocenters. The normalized spacial score (nSPS) is 12.3. The smallest absolute Gasteiger partial charge is 0.253 e. The van der Waals surface area contributed by atoms with Gasteiger partial charge < -0.3 is 19.5 Å². The highest BCUT2D eigenvalue weighted by atomic mass is 16.5. The van der Waals surface area contributed by atoms with Crippen molar-refractivity contribution in [1.82, 2.24) is 4.90 Å². The predicted molar refractivity (Wildman–Crippen MR) is 77.0 cm³/mol. The first kappa shape index (κ1) is 16.5. The van der Waals surface area contributed by atoms with Crippen LogP contribution in [-0.2, 0) is 4.74 Å². The molecular weight excluding hydrogens is 258 g/mol. The molecule has 0 aliphatic heterocycles. The maximum atomic E-state index is 12.2. The number of nitrogens with zero attached hydrogens (tertiary/aromatic N) is 1. The molecule has 0 aromatic heterocycles. The van der Waals surface area contributed by atoms with Crippen LogP contribution in [0.3, 0.4) is 0 Å². The Bertz CT molecular complexity index is 434. The van der Waals surface area contributed by atoms with Crippen molar-refractivity contribution in [3.63, 3.8) is 0 Å². The van der Waals surface area contributed by atoms with E-state index in [2.05, 4.69) is 0 Å². The topological polar surface area (TPSA) is 59.0 Å². The molecule has 1 aromatic carbocycles. The maximum Gasteiger partial charge on any atom is 0.253 e. The van der Waals surface area contributed by atoms with E-state index in [1.165, 1.54) is 12.0 Å². The van der Waals surface area contributed by atoms with E-state index < -0.39 is 6.10 Å². The zero-order valence-corrected chi connectivity index (χ0v) is 12.5. The molecule has 0 heterocycles. The number of hydrogen-bond acceptors (Lipinski definition) is 4. The third kappa shape index (κ3) is 5.19. The number of carbonyl (C=O) groups is 1. The van der Waals surface area contributed by atoms with Gasteiger partial charge in [-0.3, -0.25) is 4.79 Å². The fourth-order valence-corrected chi connectivity index (χ4v) is 1.84. The highest BCUT2D eigenvalue weighted by Gasteiger charge is 2.16. The average molecular weight is 281 g/mol. The van der Waals surface area contributed by atoms with Gasteiger partial charge in [-0.25, -0.2) is 0 Å². The molecule has 5 heteroatoms. The van der Waals surface area contributed by atoms with Gasteiger partial charge in [0.05, 0.1) is 18.8 Å². The fraction of sp³-hybridized carbons (Fsp3) is 0.533. The summed E-state index contributed by atoms with van der Waals surface area (Å²) in [5.74, 6) is 0.506.